The van der Waals surface area contributed by atoms with E-state index in [1.54, 1.807) is 46.1 Å². The summed E-state index contributed by atoms with van der Waals surface area (Å²) >= 11 is 0. The molecule has 0 spiro atoms. The quantitative estimate of drug-likeness (QED) is 0.528. The molecule has 0 aromatic heterocycles. The lowest BCUT2D eigenvalue weighted by atomic mass is 10.0. The zero-order valence-corrected chi connectivity index (χ0v) is 15.8. The predicted molar refractivity (Wildman–Crippen MR) is 98.5 cm³/mol. The first-order valence-corrected chi connectivity index (χ1v) is 8.21. The van der Waals surface area contributed by atoms with Crippen molar-refractivity contribution in [2.24, 2.45) is 4.99 Å². The number of amides is 1. The molecule has 26 heavy (non-hydrogen) atoms. The number of aromatic carboxylic acids is 1. The molecule has 0 fully saturated rings. The molecule has 8 heteroatoms. The van der Waals surface area contributed by atoms with Gasteiger partial charge in [0.2, 0.25) is 5.96 Å². The van der Waals surface area contributed by atoms with E-state index in [1.165, 1.54) is 13.1 Å². The average molecular weight is 365 g/mol. The highest BCUT2D eigenvalue weighted by Gasteiger charge is 2.20. The Morgan fingerprint density at radius 3 is 2.54 bits per heavy atom. The number of hydrogen-bond donors (Lipinski definition) is 3. The van der Waals surface area contributed by atoms with Gasteiger partial charge in [0.1, 0.15) is 5.60 Å². The zero-order chi connectivity index (χ0) is 19.7. The maximum atomic E-state index is 11.9. The second-order valence-electron chi connectivity index (χ2n) is 6.61. The summed E-state index contributed by atoms with van der Waals surface area (Å²) in [6, 6.07) is 6.27. The summed E-state index contributed by atoms with van der Waals surface area (Å²) in [5.74, 6) is -0.783. The lowest BCUT2D eigenvalue weighted by molar-refractivity contribution is 0.0560. The number of nitrogens with zero attached hydrogens (tertiary/aromatic N) is 1. The monoisotopic (exact) mass is 365 g/mol. The Kier molecular flexibility index (Phi) is 8.05. The van der Waals surface area contributed by atoms with E-state index in [2.05, 4.69) is 15.6 Å². The molecule has 144 valence electrons. The van der Waals surface area contributed by atoms with Crippen molar-refractivity contribution in [1.82, 2.24) is 10.6 Å². The van der Waals surface area contributed by atoms with E-state index < -0.39 is 17.7 Å². The minimum atomic E-state index is -1.01. The Hall–Kier alpha value is -2.61. The van der Waals surface area contributed by atoms with E-state index in [-0.39, 0.29) is 17.6 Å². The molecule has 0 saturated heterocycles. The number of carboxylic acids is 1. The lowest BCUT2D eigenvalue weighted by Crippen LogP contribution is -2.45. The summed E-state index contributed by atoms with van der Waals surface area (Å²) in [4.78, 5) is 27.2. The minimum Gasteiger partial charge on any atom is -0.478 e. The Bertz CT molecular complexity index is 652. The summed E-state index contributed by atoms with van der Waals surface area (Å²) in [5.41, 5.74) is 0.296. The number of carboxylic acid groups (broad SMARTS) is 1. The van der Waals surface area contributed by atoms with Gasteiger partial charge in [0.25, 0.3) is 0 Å². The number of ether oxygens (including phenoxy) is 2. The molecule has 1 aromatic rings. The van der Waals surface area contributed by atoms with Crippen molar-refractivity contribution in [3.8, 4) is 0 Å². The van der Waals surface area contributed by atoms with Crippen molar-refractivity contribution in [3.05, 3.63) is 35.4 Å². The molecular weight excluding hydrogens is 338 g/mol. The van der Waals surface area contributed by atoms with Gasteiger partial charge in [0.15, 0.2) is 0 Å². The Morgan fingerprint density at radius 2 is 2.00 bits per heavy atom. The number of aliphatic imine (C=N–C) groups is 1. The van der Waals surface area contributed by atoms with Gasteiger partial charge in [-0.15, -0.1) is 0 Å². The van der Waals surface area contributed by atoms with Crippen LogP contribution < -0.4 is 10.6 Å². The van der Waals surface area contributed by atoms with Crippen LogP contribution in [-0.4, -0.2) is 49.5 Å². The molecule has 0 heterocycles. The van der Waals surface area contributed by atoms with E-state index in [4.69, 9.17) is 9.47 Å². The Balaban J connectivity index is 2.93. The molecule has 8 nitrogen and oxygen atoms in total. The van der Waals surface area contributed by atoms with Crippen LogP contribution in [0.1, 0.15) is 49.2 Å². The fraction of sp³-hybridized carbons (Fsp3) is 0.500. The van der Waals surface area contributed by atoms with Crippen LogP contribution in [0.25, 0.3) is 0 Å². The van der Waals surface area contributed by atoms with Crippen LogP contribution in [0.15, 0.2) is 29.3 Å². The van der Waals surface area contributed by atoms with Crippen LogP contribution in [0, 0.1) is 0 Å². The van der Waals surface area contributed by atoms with Gasteiger partial charge < -0.3 is 19.9 Å². The molecule has 1 atom stereocenters. The van der Waals surface area contributed by atoms with E-state index in [1.807, 2.05) is 0 Å². The maximum Gasteiger partial charge on any atom is 0.414 e. The van der Waals surface area contributed by atoms with Crippen molar-refractivity contribution in [2.75, 3.05) is 20.8 Å². The third-order valence-corrected chi connectivity index (χ3v) is 3.30. The van der Waals surface area contributed by atoms with Gasteiger partial charge in [-0.25, -0.2) is 9.59 Å². The van der Waals surface area contributed by atoms with Crippen molar-refractivity contribution in [3.63, 3.8) is 0 Å². The SMILES string of the molecule is CN=C(NC(=O)OC(C)(C)C)N[C@H](CCOC)c1cccc(C(=O)O)c1. The van der Waals surface area contributed by atoms with E-state index in [0.29, 0.717) is 13.0 Å². The van der Waals surface area contributed by atoms with Crippen molar-refractivity contribution in [2.45, 2.75) is 38.8 Å². The van der Waals surface area contributed by atoms with E-state index in [9.17, 15) is 14.7 Å². The van der Waals surface area contributed by atoms with Crippen LogP contribution in [0.3, 0.4) is 0 Å². The van der Waals surface area contributed by atoms with E-state index in [0.717, 1.165) is 5.56 Å². The fourth-order valence-electron chi connectivity index (χ4n) is 2.17. The number of carbonyl (C=O) groups excluding carboxylic acids is 1. The highest BCUT2D eigenvalue weighted by Crippen LogP contribution is 2.18. The third kappa shape index (κ3) is 7.52. The van der Waals surface area contributed by atoms with Gasteiger partial charge in [-0.2, -0.15) is 0 Å². The predicted octanol–water partition coefficient (Wildman–Crippen LogP) is 2.56. The molecule has 0 aliphatic heterocycles. The topological polar surface area (TPSA) is 109 Å². The molecule has 0 bridgehead atoms. The van der Waals surface area contributed by atoms with Crippen LogP contribution in [0.5, 0.6) is 0 Å². The molecule has 1 rings (SSSR count). The molecule has 1 amide bonds. The maximum absolute atomic E-state index is 11.9. The second kappa shape index (κ2) is 9.76. The van der Waals surface area contributed by atoms with Gasteiger partial charge in [-0.05, 0) is 44.9 Å². The summed E-state index contributed by atoms with van der Waals surface area (Å²) in [7, 11) is 3.11. The minimum absolute atomic E-state index is 0.182. The van der Waals surface area contributed by atoms with Gasteiger partial charge >= 0.3 is 12.1 Å². The number of alkyl carbamates (subject to hydrolysis) is 1. The fourth-order valence-corrected chi connectivity index (χ4v) is 2.17. The first-order chi connectivity index (χ1) is 12.2. The zero-order valence-electron chi connectivity index (χ0n) is 15.8. The van der Waals surface area contributed by atoms with Crippen LogP contribution in [0.4, 0.5) is 4.79 Å². The summed E-state index contributed by atoms with van der Waals surface area (Å²) in [5, 5.41) is 14.8. The molecule has 3 N–H and O–H groups in total. The standard InChI is InChI=1S/C18H27N3O5/c1-18(2,3)26-17(24)21-16(19-4)20-14(9-10-25-5)12-7-6-8-13(11-12)15(22)23/h6-8,11,14H,9-10H2,1-5H3,(H,22,23)(H2,19,20,21,24)/t14-/m1/s1. The third-order valence-electron chi connectivity index (χ3n) is 3.30. The lowest BCUT2D eigenvalue weighted by Gasteiger charge is -2.23. The first kappa shape index (κ1) is 21.4. The first-order valence-electron chi connectivity index (χ1n) is 8.21. The number of guanidine groups is 1. The van der Waals surface area contributed by atoms with Gasteiger partial charge in [-0.1, -0.05) is 12.1 Å². The summed E-state index contributed by atoms with van der Waals surface area (Å²) in [6.07, 6.45) is -0.0791. The molecule has 0 radical (unpaired) electrons. The normalized spacial score (nSPS) is 13.0. The van der Waals surface area contributed by atoms with Gasteiger partial charge in [0.05, 0.1) is 11.6 Å². The van der Waals surface area contributed by atoms with E-state index >= 15 is 0 Å². The van der Waals surface area contributed by atoms with Crippen LogP contribution >= 0.6 is 0 Å². The highest BCUT2D eigenvalue weighted by atomic mass is 16.6. The number of carbonyl (C=O) groups is 2. The van der Waals surface area contributed by atoms with Crippen LogP contribution in [0.2, 0.25) is 0 Å². The molecule has 0 aliphatic rings. The molecule has 0 unspecified atom stereocenters. The van der Waals surface area contributed by atoms with Crippen molar-refractivity contribution in [1.29, 1.82) is 0 Å². The van der Waals surface area contributed by atoms with Gasteiger partial charge in [-0.3, -0.25) is 10.3 Å². The Labute approximate surface area is 153 Å². The molecule has 1 aromatic carbocycles. The van der Waals surface area contributed by atoms with Crippen LogP contribution in [-0.2, 0) is 9.47 Å². The second-order valence-corrected chi connectivity index (χ2v) is 6.61. The average Bonchev–Trinajstić information content (AvgIpc) is 2.55. The number of benzene rings is 1. The number of nitrogens with one attached hydrogen (secondary N) is 2. The van der Waals surface area contributed by atoms with Crippen molar-refractivity contribution < 1.29 is 24.2 Å². The summed E-state index contributed by atoms with van der Waals surface area (Å²) < 4.78 is 10.3. The highest BCUT2D eigenvalue weighted by molar-refractivity contribution is 5.94. The largest absolute Gasteiger partial charge is 0.478 e. The summed E-state index contributed by atoms with van der Waals surface area (Å²) in [6.45, 7) is 5.74. The Morgan fingerprint density at radius 1 is 1.31 bits per heavy atom. The molecular formula is C18H27N3O5. The van der Waals surface area contributed by atoms with Crippen molar-refractivity contribution >= 4 is 18.0 Å². The number of methoxy groups -OCH3 is 1. The molecule has 0 saturated carbocycles. The van der Waals surface area contributed by atoms with Gasteiger partial charge in [0, 0.05) is 20.8 Å². The molecule has 0 aliphatic carbocycles. The number of hydrogen-bond acceptors (Lipinski definition) is 5. The smallest absolute Gasteiger partial charge is 0.414 e. The number of rotatable bonds is 6.